The zero-order valence-electron chi connectivity index (χ0n) is 24.1. The van der Waals surface area contributed by atoms with Crippen molar-refractivity contribution >= 4 is 55.4 Å². The Hall–Kier alpha value is -4.13. The first-order chi connectivity index (χ1) is 20.6. The van der Waals surface area contributed by atoms with Crippen LogP contribution in [0.25, 0.3) is 10.8 Å². The fraction of sp³-hybridized carbons (Fsp3) is 0.290. The third-order valence-corrected chi connectivity index (χ3v) is 10.3. The second kappa shape index (κ2) is 12.6. The number of amides is 3. The Balaban J connectivity index is 1.46. The summed E-state index contributed by atoms with van der Waals surface area (Å²) in [5.41, 5.74) is 0.940. The van der Waals surface area contributed by atoms with Crippen LogP contribution in [0.1, 0.15) is 24.2 Å². The standard InChI is InChI=1S/C31H34N4O6S2/c1-20-17-35(21(2)19-36)30(37)24-12-7-14-26(33-43(39,40)28-15-8-16-42-28)29(24)41-27(20)18-34(3)31(38)32-25-13-6-10-22-9-4-5-11-23(22)25/h4-16,20-21,27,33,36H,17-19H2,1-3H3,(H,32,38)/t20-,21+,27-/m1/s1. The third kappa shape index (κ3) is 6.46. The Morgan fingerprint density at radius 1 is 1.09 bits per heavy atom. The van der Waals surface area contributed by atoms with E-state index in [-0.39, 0.29) is 58.8 Å². The molecule has 0 aliphatic carbocycles. The van der Waals surface area contributed by atoms with Gasteiger partial charge in [0.2, 0.25) is 0 Å². The third-order valence-electron chi connectivity index (χ3n) is 7.53. The number of sulfonamides is 1. The van der Waals surface area contributed by atoms with E-state index >= 15 is 0 Å². The Kier molecular flexibility index (Phi) is 8.90. The van der Waals surface area contributed by atoms with Crippen LogP contribution in [-0.4, -0.2) is 74.2 Å². The molecule has 12 heteroatoms. The maximum Gasteiger partial charge on any atom is 0.321 e. The second-order valence-electron chi connectivity index (χ2n) is 10.7. The summed E-state index contributed by atoms with van der Waals surface area (Å²) in [7, 11) is -2.29. The van der Waals surface area contributed by atoms with Gasteiger partial charge in [-0.25, -0.2) is 13.2 Å². The van der Waals surface area contributed by atoms with Crippen LogP contribution in [0.2, 0.25) is 0 Å². The van der Waals surface area contributed by atoms with Crippen molar-refractivity contribution in [2.75, 3.05) is 36.8 Å². The summed E-state index contributed by atoms with van der Waals surface area (Å²) in [5.74, 6) is -0.607. The molecule has 0 saturated carbocycles. The number of ether oxygens (including phenoxy) is 1. The van der Waals surface area contributed by atoms with Gasteiger partial charge >= 0.3 is 6.03 Å². The lowest BCUT2D eigenvalue weighted by Gasteiger charge is -2.38. The molecular formula is C31H34N4O6S2. The zero-order chi connectivity index (χ0) is 30.7. The van der Waals surface area contributed by atoms with Gasteiger partial charge in [0.1, 0.15) is 10.3 Å². The van der Waals surface area contributed by atoms with Gasteiger partial charge in [-0.15, -0.1) is 11.3 Å². The topological polar surface area (TPSA) is 128 Å². The molecule has 0 unspecified atom stereocenters. The summed E-state index contributed by atoms with van der Waals surface area (Å²) >= 11 is 1.07. The molecule has 10 nitrogen and oxygen atoms in total. The highest BCUT2D eigenvalue weighted by molar-refractivity contribution is 7.94. The second-order valence-corrected chi connectivity index (χ2v) is 13.5. The molecule has 0 fully saturated rings. The minimum Gasteiger partial charge on any atom is -0.485 e. The summed E-state index contributed by atoms with van der Waals surface area (Å²) in [6.45, 7) is 3.79. The molecule has 43 heavy (non-hydrogen) atoms. The molecule has 5 rings (SSSR count). The van der Waals surface area contributed by atoms with Crippen molar-refractivity contribution in [1.82, 2.24) is 9.80 Å². The number of nitrogens with zero attached hydrogens (tertiary/aromatic N) is 2. The number of urea groups is 1. The number of likely N-dealkylation sites (N-methyl/N-ethyl adjacent to an activating group) is 1. The van der Waals surface area contributed by atoms with Crippen molar-refractivity contribution in [2.45, 2.75) is 30.2 Å². The van der Waals surface area contributed by atoms with Crippen molar-refractivity contribution in [1.29, 1.82) is 0 Å². The highest BCUT2D eigenvalue weighted by Gasteiger charge is 2.35. The molecule has 226 valence electrons. The van der Waals surface area contributed by atoms with Gasteiger partial charge in [0.05, 0.1) is 36.1 Å². The van der Waals surface area contributed by atoms with Crippen LogP contribution < -0.4 is 14.8 Å². The van der Waals surface area contributed by atoms with Gasteiger partial charge in [-0.3, -0.25) is 9.52 Å². The molecule has 0 spiro atoms. The van der Waals surface area contributed by atoms with Crippen molar-refractivity contribution in [3.8, 4) is 5.75 Å². The number of carbonyl (C=O) groups excluding carboxylic acids is 2. The first-order valence-electron chi connectivity index (χ1n) is 13.9. The van der Waals surface area contributed by atoms with E-state index in [9.17, 15) is 23.1 Å². The number of hydrogen-bond donors (Lipinski definition) is 3. The molecule has 1 aliphatic heterocycles. The van der Waals surface area contributed by atoms with Gasteiger partial charge in [-0.2, -0.15) is 0 Å². The first kappa shape index (κ1) is 30.3. The Morgan fingerprint density at radius 2 is 1.81 bits per heavy atom. The van der Waals surface area contributed by atoms with Crippen LogP contribution in [0.5, 0.6) is 5.75 Å². The van der Waals surface area contributed by atoms with Gasteiger partial charge < -0.3 is 25.0 Å². The SMILES string of the molecule is C[C@@H]1CN([C@@H](C)CO)C(=O)c2cccc(NS(=O)(=O)c3cccs3)c2O[C@@H]1CN(C)C(=O)Nc1cccc2ccccc12. The van der Waals surface area contributed by atoms with Crippen molar-refractivity contribution in [3.63, 3.8) is 0 Å². The van der Waals surface area contributed by atoms with E-state index in [1.807, 2.05) is 49.4 Å². The Morgan fingerprint density at radius 3 is 2.56 bits per heavy atom. The van der Waals surface area contributed by atoms with Gasteiger partial charge in [0, 0.05) is 24.9 Å². The first-order valence-corrected chi connectivity index (χ1v) is 16.2. The Bertz CT molecular complexity index is 1720. The molecule has 1 aromatic heterocycles. The maximum absolute atomic E-state index is 13.7. The Labute approximate surface area is 254 Å². The van der Waals surface area contributed by atoms with Crippen LogP contribution in [0, 0.1) is 5.92 Å². The predicted octanol–water partition coefficient (Wildman–Crippen LogP) is 5.09. The summed E-state index contributed by atoms with van der Waals surface area (Å²) in [5, 5.41) is 16.5. The van der Waals surface area contributed by atoms with Gasteiger partial charge in [0.15, 0.2) is 5.75 Å². The largest absolute Gasteiger partial charge is 0.485 e. The van der Waals surface area contributed by atoms with Crippen molar-refractivity contribution in [2.24, 2.45) is 5.92 Å². The molecule has 3 N–H and O–H groups in total. The number of fused-ring (bicyclic) bond motifs is 2. The molecule has 0 saturated heterocycles. The van der Waals surface area contributed by atoms with E-state index in [2.05, 4.69) is 10.0 Å². The summed E-state index contributed by atoms with van der Waals surface area (Å²) in [6.07, 6.45) is -0.629. The average Bonchev–Trinajstić information content (AvgIpc) is 3.55. The van der Waals surface area contributed by atoms with E-state index in [4.69, 9.17) is 4.74 Å². The molecule has 1 aliphatic rings. The zero-order valence-corrected chi connectivity index (χ0v) is 25.7. The quantitative estimate of drug-likeness (QED) is 0.251. The van der Waals surface area contributed by atoms with Gasteiger partial charge in [0.25, 0.3) is 15.9 Å². The fourth-order valence-electron chi connectivity index (χ4n) is 5.05. The molecule has 3 atom stereocenters. The van der Waals surface area contributed by atoms with Crippen LogP contribution in [-0.2, 0) is 10.0 Å². The number of para-hydroxylation sites is 1. The fourth-order valence-corrected chi connectivity index (χ4v) is 7.11. The van der Waals surface area contributed by atoms with Crippen molar-refractivity contribution in [3.05, 3.63) is 83.7 Å². The van der Waals surface area contributed by atoms with Crippen LogP contribution in [0.3, 0.4) is 0 Å². The number of thiophene rings is 1. The van der Waals surface area contributed by atoms with Crippen molar-refractivity contribution < 1.29 is 27.9 Å². The summed E-state index contributed by atoms with van der Waals surface area (Å²) in [6, 6.07) is 20.4. The van der Waals surface area contributed by atoms with Crippen LogP contribution in [0.4, 0.5) is 16.2 Å². The van der Waals surface area contributed by atoms with E-state index in [0.29, 0.717) is 5.69 Å². The number of benzene rings is 3. The molecular weight excluding hydrogens is 588 g/mol. The molecule has 0 radical (unpaired) electrons. The number of anilines is 2. The van der Waals surface area contributed by atoms with E-state index in [1.54, 1.807) is 42.5 Å². The number of carbonyl (C=O) groups is 2. The molecule has 0 bridgehead atoms. The average molecular weight is 623 g/mol. The van der Waals surface area contributed by atoms with Crippen LogP contribution >= 0.6 is 11.3 Å². The number of aliphatic hydroxyl groups is 1. The molecule has 2 heterocycles. The summed E-state index contributed by atoms with van der Waals surface area (Å²) < 4.78 is 35.4. The number of aliphatic hydroxyl groups excluding tert-OH is 1. The van der Waals surface area contributed by atoms with E-state index < -0.39 is 22.2 Å². The highest BCUT2D eigenvalue weighted by atomic mass is 32.2. The maximum atomic E-state index is 13.7. The highest BCUT2D eigenvalue weighted by Crippen LogP contribution is 2.36. The lowest BCUT2D eigenvalue weighted by atomic mass is 9.99. The molecule has 4 aromatic rings. The van der Waals surface area contributed by atoms with Crippen LogP contribution in [0.15, 0.2) is 82.4 Å². The monoisotopic (exact) mass is 622 g/mol. The molecule has 3 amide bonds. The smallest absolute Gasteiger partial charge is 0.321 e. The number of hydrogen-bond acceptors (Lipinski definition) is 7. The number of nitrogens with one attached hydrogen (secondary N) is 2. The lowest BCUT2D eigenvalue weighted by molar-refractivity contribution is 0.0373. The minimum atomic E-state index is -3.95. The summed E-state index contributed by atoms with van der Waals surface area (Å²) in [4.78, 5) is 30.1. The van der Waals surface area contributed by atoms with E-state index in [1.165, 1.54) is 17.0 Å². The van der Waals surface area contributed by atoms with E-state index in [0.717, 1.165) is 22.1 Å². The number of rotatable bonds is 8. The van der Waals surface area contributed by atoms with Gasteiger partial charge in [-0.1, -0.05) is 55.5 Å². The lowest BCUT2D eigenvalue weighted by Crippen LogP contribution is -2.50. The minimum absolute atomic E-state index is 0.0715. The normalized spacial score (nSPS) is 17.8. The molecule has 3 aromatic carbocycles. The van der Waals surface area contributed by atoms with Gasteiger partial charge in [-0.05, 0) is 42.0 Å². The predicted molar refractivity (Wildman–Crippen MR) is 168 cm³/mol.